The molecule has 3 aromatic carbocycles. The molecule has 1 aliphatic rings. The summed E-state index contributed by atoms with van der Waals surface area (Å²) >= 11 is 0. The number of alkyl halides is 3. The predicted octanol–water partition coefficient (Wildman–Crippen LogP) is 5.55. The number of sulfonamides is 1. The fraction of sp³-hybridized carbons (Fsp3) is 0.361. The molecule has 3 N–H and O–H groups in total. The SMILES string of the molecule is CCOc1cc([C@](OC(=O)C(F)(F)F)(C(=O)NCc2ccccc2S(=O)(=O)N2CCCCC2)N(N)c2ccc3cnccc3c2)ccc1OC(C)C. The standard InChI is InChI=1S/C36H40F3N5O7S/c1-4-49-31-21-28(13-15-30(31)50-24(2)3)35(51-34(46)36(37,38)39,44(40)29-14-12-26-22-41-17-16-25(26)20-29)33(45)42-23-27-10-6-7-11-32(27)52(47,48)43-18-8-5-9-19-43/h6-7,10-17,20-22,24H,4-5,8-9,18-19,23,40H2,1-3H3,(H,42,45)/t35-/m0/s1. The van der Waals surface area contributed by atoms with Crippen molar-refractivity contribution in [3.63, 3.8) is 0 Å². The summed E-state index contributed by atoms with van der Waals surface area (Å²) in [5.41, 5.74) is -3.24. The highest BCUT2D eigenvalue weighted by molar-refractivity contribution is 7.89. The van der Waals surface area contributed by atoms with E-state index in [1.165, 1.54) is 59.0 Å². The van der Waals surface area contributed by atoms with Crippen molar-refractivity contribution in [1.82, 2.24) is 14.6 Å². The van der Waals surface area contributed by atoms with Crippen molar-refractivity contribution in [2.24, 2.45) is 5.84 Å². The smallest absolute Gasteiger partial charge is 0.490 e. The number of piperidine rings is 1. The summed E-state index contributed by atoms with van der Waals surface area (Å²) in [6, 6.07) is 15.9. The van der Waals surface area contributed by atoms with Gasteiger partial charge in [0.2, 0.25) is 10.0 Å². The van der Waals surface area contributed by atoms with Crippen LogP contribution >= 0.6 is 0 Å². The molecule has 1 amide bonds. The molecule has 52 heavy (non-hydrogen) atoms. The van der Waals surface area contributed by atoms with Gasteiger partial charge in [-0.3, -0.25) is 14.8 Å². The first-order valence-electron chi connectivity index (χ1n) is 16.7. The number of carbonyl (C=O) groups excluding carboxylic acids is 2. The zero-order valence-electron chi connectivity index (χ0n) is 28.9. The Labute approximate surface area is 299 Å². The number of carbonyl (C=O) groups is 2. The van der Waals surface area contributed by atoms with Crippen LogP contribution < -0.4 is 25.6 Å². The molecule has 0 aliphatic carbocycles. The van der Waals surface area contributed by atoms with Crippen LogP contribution in [0.1, 0.15) is 51.2 Å². The van der Waals surface area contributed by atoms with Crippen molar-refractivity contribution in [3.8, 4) is 11.5 Å². The van der Waals surface area contributed by atoms with E-state index < -0.39 is 40.3 Å². The Hall–Kier alpha value is -4.93. The van der Waals surface area contributed by atoms with E-state index in [1.807, 2.05) is 0 Å². The number of benzene rings is 3. The van der Waals surface area contributed by atoms with Crippen molar-refractivity contribution in [2.45, 2.75) is 69.5 Å². The second-order valence-electron chi connectivity index (χ2n) is 12.3. The van der Waals surface area contributed by atoms with Crippen LogP contribution in [0.2, 0.25) is 0 Å². The van der Waals surface area contributed by atoms with Gasteiger partial charge in [0.25, 0.3) is 5.91 Å². The lowest BCUT2D eigenvalue weighted by Crippen LogP contribution is -2.63. The number of fused-ring (bicyclic) bond motifs is 1. The van der Waals surface area contributed by atoms with Crippen molar-refractivity contribution in [1.29, 1.82) is 0 Å². The average Bonchev–Trinajstić information content (AvgIpc) is 3.13. The summed E-state index contributed by atoms with van der Waals surface area (Å²) in [6.07, 6.45) is -0.571. The Morgan fingerprint density at radius 3 is 2.40 bits per heavy atom. The third-order valence-electron chi connectivity index (χ3n) is 8.36. The van der Waals surface area contributed by atoms with E-state index in [-0.39, 0.29) is 45.9 Å². The van der Waals surface area contributed by atoms with Crippen LogP contribution in [0.4, 0.5) is 18.9 Å². The molecule has 1 atom stereocenters. The lowest BCUT2D eigenvalue weighted by Gasteiger charge is -2.40. The van der Waals surface area contributed by atoms with Crippen LogP contribution in [0, 0.1) is 0 Å². The number of anilines is 1. The molecule has 0 bridgehead atoms. The quantitative estimate of drug-likeness (QED) is 0.0772. The molecular weight excluding hydrogens is 703 g/mol. The fourth-order valence-corrected chi connectivity index (χ4v) is 7.65. The number of nitrogens with one attached hydrogen (secondary N) is 1. The summed E-state index contributed by atoms with van der Waals surface area (Å²) in [5.74, 6) is 2.85. The monoisotopic (exact) mass is 743 g/mol. The Morgan fingerprint density at radius 1 is 0.981 bits per heavy atom. The maximum Gasteiger partial charge on any atom is 0.491 e. The highest BCUT2D eigenvalue weighted by atomic mass is 32.2. The molecule has 12 nitrogen and oxygen atoms in total. The summed E-state index contributed by atoms with van der Waals surface area (Å²) in [4.78, 5) is 31.4. The normalized spacial score (nSPS) is 15.2. The van der Waals surface area contributed by atoms with Gasteiger partial charge in [-0.15, -0.1) is 0 Å². The number of esters is 1. The number of rotatable bonds is 13. The number of hydrazine groups is 1. The Kier molecular flexibility index (Phi) is 11.6. The van der Waals surface area contributed by atoms with Gasteiger partial charge < -0.3 is 19.5 Å². The molecule has 0 radical (unpaired) electrons. The van der Waals surface area contributed by atoms with E-state index in [2.05, 4.69) is 10.3 Å². The second-order valence-corrected chi connectivity index (χ2v) is 14.2. The fourth-order valence-electron chi connectivity index (χ4n) is 5.91. The molecule has 1 fully saturated rings. The maximum atomic E-state index is 14.7. The minimum Gasteiger partial charge on any atom is -0.490 e. The minimum absolute atomic E-state index is 0.0163. The number of nitrogens with zero attached hydrogens (tertiary/aromatic N) is 3. The van der Waals surface area contributed by atoms with Gasteiger partial charge in [-0.2, -0.15) is 17.5 Å². The van der Waals surface area contributed by atoms with E-state index in [0.29, 0.717) is 41.7 Å². The molecule has 0 spiro atoms. The first-order valence-corrected chi connectivity index (χ1v) is 18.1. The third-order valence-corrected chi connectivity index (χ3v) is 10.4. The van der Waals surface area contributed by atoms with E-state index in [1.54, 1.807) is 45.2 Å². The van der Waals surface area contributed by atoms with E-state index in [0.717, 1.165) is 6.42 Å². The molecule has 4 aromatic rings. The van der Waals surface area contributed by atoms with Gasteiger partial charge in [-0.1, -0.05) is 30.7 Å². The summed E-state index contributed by atoms with van der Waals surface area (Å²) < 4.78 is 87.7. The number of amides is 1. The Bertz CT molecular complexity index is 2020. The number of nitrogens with two attached hydrogens (primary N) is 1. The van der Waals surface area contributed by atoms with Gasteiger partial charge in [0, 0.05) is 43.0 Å². The van der Waals surface area contributed by atoms with Crippen molar-refractivity contribution in [2.75, 3.05) is 24.7 Å². The van der Waals surface area contributed by atoms with Gasteiger partial charge >= 0.3 is 17.9 Å². The van der Waals surface area contributed by atoms with Gasteiger partial charge in [-0.05, 0) is 87.0 Å². The lowest BCUT2D eigenvalue weighted by atomic mass is 9.98. The van der Waals surface area contributed by atoms with Crippen LogP contribution in [0.5, 0.6) is 11.5 Å². The molecular formula is C36H40F3N5O7S. The summed E-state index contributed by atoms with van der Waals surface area (Å²) in [5, 5.41) is 4.36. The molecule has 16 heteroatoms. The van der Waals surface area contributed by atoms with Gasteiger partial charge in [0.15, 0.2) is 11.5 Å². The zero-order chi connectivity index (χ0) is 37.7. The maximum absolute atomic E-state index is 14.7. The Balaban J connectivity index is 1.67. The molecule has 278 valence electrons. The number of hydrogen-bond donors (Lipinski definition) is 2. The Morgan fingerprint density at radius 2 is 1.71 bits per heavy atom. The molecule has 2 heterocycles. The second kappa shape index (κ2) is 15.8. The van der Waals surface area contributed by atoms with E-state index in [9.17, 15) is 31.2 Å². The van der Waals surface area contributed by atoms with Crippen LogP contribution in [0.3, 0.4) is 0 Å². The number of aromatic nitrogens is 1. The average molecular weight is 744 g/mol. The minimum atomic E-state index is -5.56. The van der Waals surface area contributed by atoms with Crippen LogP contribution in [0.15, 0.2) is 84.0 Å². The molecule has 5 rings (SSSR count). The zero-order valence-corrected chi connectivity index (χ0v) is 29.7. The van der Waals surface area contributed by atoms with Crippen LogP contribution in [-0.4, -0.2) is 61.6 Å². The summed E-state index contributed by atoms with van der Waals surface area (Å²) in [7, 11) is -4.00. The molecule has 1 aliphatic heterocycles. The van der Waals surface area contributed by atoms with Crippen molar-refractivity contribution < 1.29 is 45.4 Å². The van der Waals surface area contributed by atoms with Crippen molar-refractivity contribution in [3.05, 3.63) is 90.3 Å². The van der Waals surface area contributed by atoms with Crippen LogP contribution in [-0.2, 0) is 36.6 Å². The first kappa shape index (κ1) is 38.3. The lowest BCUT2D eigenvalue weighted by molar-refractivity contribution is -0.216. The molecule has 1 aromatic heterocycles. The predicted molar refractivity (Wildman–Crippen MR) is 187 cm³/mol. The number of pyridine rings is 1. The molecule has 0 unspecified atom stereocenters. The molecule has 1 saturated heterocycles. The molecule has 0 saturated carbocycles. The van der Waals surface area contributed by atoms with Crippen LogP contribution in [0.25, 0.3) is 10.8 Å². The van der Waals surface area contributed by atoms with E-state index in [4.69, 9.17) is 20.1 Å². The largest absolute Gasteiger partial charge is 0.491 e. The van der Waals surface area contributed by atoms with Crippen molar-refractivity contribution >= 4 is 38.4 Å². The number of halogens is 3. The topological polar surface area (TPSA) is 153 Å². The van der Waals surface area contributed by atoms with E-state index >= 15 is 0 Å². The number of ether oxygens (including phenoxy) is 3. The third kappa shape index (κ3) is 8.08. The highest BCUT2D eigenvalue weighted by Gasteiger charge is 2.55. The number of hydrogen-bond acceptors (Lipinski definition) is 10. The first-order chi connectivity index (χ1) is 24.7. The van der Waals surface area contributed by atoms with Gasteiger partial charge in [0.05, 0.1) is 23.3 Å². The highest BCUT2D eigenvalue weighted by Crippen LogP contribution is 2.40. The summed E-state index contributed by atoms with van der Waals surface area (Å²) in [6.45, 7) is 5.44. The van der Waals surface area contributed by atoms with Gasteiger partial charge in [-0.25, -0.2) is 19.1 Å². The van der Waals surface area contributed by atoms with Gasteiger partial charge in [0.1, 0.15) is 0 Å².